The van der Waals surface area contributed by atoms with E-state index in [0.717, 1.165) is 48.6 Å². The minimum absolute atomic E-state index is 0.379. The van der Waals surface area contributed by atoms with Crippen LogP contribution in [0.2, 0.25) is 0 Å². The Morgan fingerprint density at radius 3 is 2.38 bits per heavy atom. The van der Waals surface area contributed by atoms with Crippen molar-refractivity contribution in [3.8, 4) is 0 Å². The van der Waals surface area contributed by atoms with Gasteiger partial charge in [0, 0.05) is 13.1 Å². The van der Waals surface area contributed by atoms with Gasteiger partial charge in [0.2, 0.25) is 0 Å². The standard InChI is InChI=1S/C15H24N4OS/c1-4-10-11(5-2)17-18-14(12(10)13(16)21)19-8-6-15(3,20)7-9-19/h20H,4-9H2,1-3H3,(H2,16,21). The minimum atomic E-state index is -0.593. The van der Waals surface area contributed by atoms with Crippen molar-refractivity contribution in [1.29, 1.82) is 0 Å². The molecule has 1 fully saturated rings. The van der Waals surface area contributed by atoms with Crippen molar-refractivity contribution in [2.45, 2.75) is 52.1 Å². The molecule has 0 aromatic carbocycles. The van der Waals surface area contributed by atoms with Gasteiger partial charge < -0.3 is 15.7 Å². The average Bonchev–Trinajstić information content (AvgIpc) is 2.45. The van der Waals surface area contributed by atoms with Crippen LogP contribution in [0.15, 0.2) is 0 Å². The molecule has 3 N–H and O–H groups in total. The van der Waals surface area contributed by atoms with E-state index in [9.17, 15) is 5.11 Å². The highest BCUT2D eigenvalue weighted by Gasteiger charge is 2.30. The molecule has 1 aliphatic heterocycles. The van der Waals surface area contributed by atoms with Gasteiger partial charge in [0.05, 0.1) is 16.9 Å². The number of rotatable bonds is 4. The molecular formula is C15H24N4OS. The summed E-state index contributed by atoms with van der Waals surface area (Å²) in [6, 6.07) is 0. The molecule has 1 aromatic rings. The van der Waals surface area contributed by atoms with E-state index < -0.39 is 5.60 Å². The van der Waals surface area contributed by atoms with Gasteiger partial charge in [-0.3, -0.25) is 0 Å². The average molecular weight is 308 g/mol. The number of thiocarbonyl (C=S) groups is 1. The van der Waals surface area contributed by atoms with Gasteiger partial charge in [-0.05, 0) is 38.2 Å². The Hall–Kier alpha value is -1.27. The number of aliphatic hydroxyl groups is 1. The van der Waals surface area contributed by atoms with Crippen LogP contribution in [0.4, 0.5) is 5.82 Å². The second kappa shape index (κ2) is 6.23. The molecule has 0 unspecified atom stereocenters. The molecule has 5 nitrogen and oxygen atoms in total. The van der Waals surface area contributed by atoms with Crippen LogP contribution in [-0.2, 0) is 12.8 Å². The maximum atomic E-state index is 10.1. The number of piperidine rings is 1. The first-order valence-corrected chi connectivity index (χ1v) is 7.96. The lowest BCUT2D eigenvalue weighted by Crippen LogP contribution is -2.43. The van der Waals surface area contributed by atoms with E-state index >= 15 is 0 Å². The van der Waals surface area contributed by atoms with Crippen molar-refractivity contribution in [1.82, 2.24) is 10.2 Å². The third-order valence-electron chi connectivity index (χ3n) is 4.21. The van der Waals surface area contributed by atoms with E-state index in [4.69, 9.17) is 18.0 Å². The quantitative estimate of drug-likeness (QED) is 0.823. The van der Waals surface area contributed by atoms with Gasteiger partial charge in [-0.25, -0.2) is 0 Å². The van der Waals surface area contributed by atoms with Crippen LogP contribution in [-0.4, -0.2) is 39.0 Å². The molecule has 1 saturated heterocycles. The molecule has 21 heavy (non-hydrogen) atoms. The van der Waals surface area contributed by atoms with Crippen LogP contribution in [0.3, 0.4) is 0 Å². The number of hydrogen-bond acceptors (Lipinski definition) is 5. The van der Waals surface area contributed by atoms with Crippen LogP contribution < -0.4 is 10.6 Å². The Balaban J connectivity index is 2.42. The van der Waals surface area contributed by atoms with Crippen molar-refractivity contribution in [2.75, 3.05) is 18.0 Å². The van der Waals surface area contributed by atoms with Crippen molar-refractivity contribution in [3.05, 3.63) is 16.8 Å². The Morgan fingerprint density at radius 1 is 1.29 bits per heavy atom. The predicted octanol–water partition coefficient (Wildman–Crippen LogP) is 1.59. The van der Waals surface area contributed by atoms with Gasteiger partial charge in [0.15, 0.2) is 5.82 Å². The molecule has 116 valence electrons. The summed E-state index contributed by atoms with van der Waals surface area (Å²) in [7, 11) is 0. The second-order valence-electron chi connectivity index (χ2n) is 5.88. The molecule has 0 aliphatic carbocycles. The number of hydrogen-bond donors (Lipinski definition) is 2. The molecule has 2 rings (SSSR count). The zero-order chi connectivity index (χ0) is 15.6. The Bertz CT molecular complexity index is 535. The summed E-state index contributed by atoms with van der Waals surface area (Å²) in [5.74, 6) is 0.770. The molecule has 0 spiro atoms. The first-order valence-electron chi connectivity index (χ1n) is 7.55. The molecular weight excluding hydrogens is 284 g/mol. The summed E-state index contributed by atoms with van der Waals surface area (Å²) >= 11 is 5.26. The first kappa shape index (κ1) is 16.1. The minimum Gasteiger partial charge on any atom is -0.390 e. The zero-order valence-corrected chi connectivity index (χ0v) is 13.8. The first-order chi connectivity index (χ1) is 9.89. The lowest BCUT2D eigenvalue weighted by Gasteiger charge is -2.37. The summed E-state index contributed by atoms with van der Waals surface area (Å²) in [6.45, 7) is 7.51. The third-order valence-corrected chi connectivity index (χ3v) is 4.42. The highest BCUT2D eigenvalue weighted by molar-refractivity contribution is 7.80. The van der Waals surface area contributed by atoms with Gasteiger partial charge in [-0.1, -0.05) is 26.1 Å². The molecule has 0 atom stereocenters. The summed E-state index contributed by atoms with van der Waals surface area (Å²) in [5.41, 5.74) is 8.30. The third kappa shape index (κ3) is 3.32. The van der Waals surface area contributed by atoms with E-state index in [-0.39, 0.29) is 0 Å². The molecule has 0 radical (unpaired) electrons. The van der Waals surface area contributed by atoms with Crippen LogP contribution in [0.5, 0.6) is 0 Å². The van der Waals surface area contributed by atoms with Gasteiger partial charge in [0.25, 0.3) is 0 Å². The highest BCUT2D eigenvalue weighted by atomic mass is 32.1. The predicted molar refractivity (Wildman–Crippen MR) is 88.7 cm³/mol. The van der Waals surface area contributed by atoms with Gasteiger partial charge in [0.1, 0.15) is 4.99 Å². The Morgan fingerprint density at radius 2 is 1.90 bits per heavy atom. The fourth-order valence-electron chi connectivity index (χ4n) is 2.84. The molecule has 2 heterocycles. The molecule has 1 aromatic heterocycles. The van der Waals surface area contributed by atoms with Crippen LogP contribution in [0, 0.1) is 0 Å². The highest BCUT2D eigenvalue weighted by Crippen LogP contribution is 2.29. The summed E-state index contributed by atoms with van der Waals surface area (Å²) in [4.78, 5) is 2.52. The van der Waals surface area contributed by atoms with E-state index in [0.29, 0.717) is 17.8 Å². The van der Waals surface area contributed by atoms with Crippen LogP contribution in [0.1, 0.15) is 50.4 Å². The molecule has 6 heteroatoms. The summed E-state index contributed by atoms with van der Waals surface area (Å²) in [5, 5.41) is 18.8. The lowest BCUT2D eigenvalue weighted by molar-refractivity contribution is 0.0350. The smallest absolute Gasteiger partial charge is 0.161 e. The van der Waals surface area contributed by atoms with E-state index in [1.807, 2.05) is 6.92 Å². The van der Waals surface area contributed by atoms with Gasteiger partial charge in [-0.15, -0.1) is 5.10 Å². The van der Waals surface area contributed by atoms with Gasteiger partial charge >= 0.3 is 0 Å². The normalized spacial score (nSPS) is 17.8. The lowest BCUT2D eigenvalue weighted by atomic mass is 9.93. The van der Waals surface area contributed by atoms with Crippen molar-refractivity contribution in [2.24, 2.45) is 5.73 Å². The fourth-order valence-corrected chi connectivity index (χ4v) is 3.06. The topological polar surface area (TPSA) is 75.3 Å². The van der Waals surface area contributed by atoms with Crippen molar-refractivity contribution in [3.63, 3.8) is 0 Å². The van der Waals surface area contributed by atoms with E-state index in [1.165, 1.54) is 0 Å². The SMILES string of the molecule is CCc1nnc(N2CCC(C)(O)CC2)c(C(N)=S)c1CC. The second-order valence-corrected chi connectivity index (χ2v) is 6.32. The maximum Gasteiger partial charge on any atom is 0.161 e. The maximum absolute atomic E-state index is 10.1. The van der Waals surface area contributed by atoms with Crippen LogP contribution in [0.25, 0.3) is 0 Å². The number of nitrogens with two attached hydrogens (primary N) is 1. The number of aromatic nitrogens is 2. The number of anilines is 1. The Labute approximate surface area is 131 Å². The Kier molecular flexibility index (Phi) is 4.78. The number of nitrogens with zero attached hydrogens (tertiary/aromatic N) is 3. The number of aryl methyl sites for hydroxylation is 1. The van der Waals surface area contributed by atoms with Gasteiger partial charge in [-0.2, -0.15) is 5.10 Å². The van der Waals surface area contributed by atoms with E-state index in [2.05, 4.69) is 28.9 Å². The monoisotopic (exact) mass is 308 g/mol. The molecule has 0 bridgehead atoms. The van der Waals surface area contributed by atoms with Crippen LogP contribution >= 0.6 is 12.2 Å². The molecule has 1 aliphatic rings. The zero-order valence-electron chi connectivity index (χ0n) is 13.0. The molecule has 0 saturated carbocycles. The molecule has 0 amide bonds. The summed E-state index contributed by atoms with van der Waals surface area (Å²) in [6.07, 6.45) is 3.08. The largest absolute Gasteiger partial charge is 0.390 e. The van der Waals surface area contributed by atoms with Crippen molar-refractivity contribution < 1.29 is 5.11 Å². The van der Waals surface area contributed by atoms with Crippen molar-refractivity contribution >= 4 is 23.0 Å². The summed E-state index contributed by atoms with van der Waals surface area (Å²) < 4.78 is 0. The fraction of sp³-hybridized carbons (Fsp3) is 0.667. The van der Waals surface area contributed by atoms with E-state index in [1.54, 1.807) is 0 Å².